The first-order chi connectivity index (χ1) is 10.8. The van der Waals surface area contributed by atoms with Gasteiger partial charge in [0.05, 0.1) is 22.1 Å². The third-order valence-electron chi connectivity index (χ3n) is 4.29. The number of fused-ring (bicyclic) bond motifs is 2. The van der Waals surface area contributed by atoms with E-state index in [1.54, 1.807) is 0 Å². The van der Waals surface area contributed by atoms with Gasteiger partial charge in [0.1, 0.15) is 0 Å². The summed E-state index contributed by atoms with van der Waals surface area (Å²) in [5, 5.41) is 3.11. The molecule has 0 radical (unpaired) electrons. The van der Waals surface area contributed by atoms with Gasteiger partial charge in [-0.2, -0.15) is 0 Å². The zero-order chi connectivity index (χ0) is 14.9. The summed E-state index contributed by atoms with van der Waals surface area (Å²) >= 11 is 0. The van der Waals surface area contributed by atoms with Crippen molar-refractivity contribution in [2.24, 2.45) is 0 Å². The van der Waals surface area contributed by atoms with Gasteiger partial charge in [-0.05, 0) is 43.2 Å². The topological polar surface area (TPSA) is 54.9 Å². The molecule has 0 atom stereocenters. The lowest BCUT2D eigenvalue weighted by molar-refractivity contribution is 0.0938. The number of aromatic nitrogens is 2. The van der Waals surface area contributed by atoms with E-state index >= 15 is 0 Å². The van der Waals surface area contributed by atoms with Crippen molar-refractivity contribution in [2.75, 3.05) is 0 Å². The quantitative estimate of drug-likeness (QED) is 0.736. The number of hydrogen-bond donors (Lipinski definition) is 1. The molecule has 4 rings (SSSR count). The summed E-state index contributed by atoms with van der Waals surface area (Å²) in [6.45, 7) is 0. The SMILES string of the molecule is O=C(NC1CCCC1)c1ccc2nc3ccccc3nc2c1. The Morgan fingerprint density at radius 1 is 0.909 bits per heavy atom. The Hall–Kier alpha value is -2.49. The number of amides is 1. The van der Waals surface area contributed by atoms with Crippen LogP contribution in [0.1, 0.15) is 36.0 Å². The molecule has 0 aliphatic heterocycles. The Kier molecular flexibility index (Phi) is 3.22. The van der Waals surface area contributed by atoms with E-state index in [1.165, 1.54) is 12.8 Å². The second kappa shape index (κ2) is 5.37. The maximum atomic E-state index is 12.3. The molecule has 1 aliphatic rings. The molecule has 3 aromatic rings. The molecule has 1 N–H and O–H groups in total. The highest BCUT2D eigenvalue weighted by molar-refractivity contribution is 5.98. The van der Waals surface area contributed by atoms with Crippen LogP contribution in [0.3, 0.4) is 0 Å². The normalized spacial score (nSPS) is 15.5. The molecule has 22 heavy (non-hydrogen) atoms. The maximum absolute atomic E-state index is 12.3. The van der Waals surface area contributed by atoms with Gasteiger partial charge in [0.25, 0.3) is 5.91 Å². The molecule has 1 saturated carbocycles. The highest BCUT2D eigenvalue weighted by atomic mass is 16.1. The summed E-state index contributed by atoms with van der Waals surface area (Å²) in [6.07, 6.45) is 4.59. The van der Waals surface area contributed by atoms with Crippen molar-refractivity contribution in [3.05, 3.63) is 48.0 Å². The number of nitrogens with one attached hydrogen (secondary N) is 1. The van der Waals surface area contributed by atoms with Crippen molar-refractivity contribution >= 4 is 28.0 Å². The van der Waals surface area contributed by atoms with Crippen LogP contribution in [0.5, 0.6) is 0 Å². The molecule has 110 valence electrons. The van der Waals surface area contributed by atoms with Crippen molar-refractivity contribution in [1.82, 2.24) is 15.3 Å². The van der Waals surface area contributed by atoms with Gasteiger partial charge >= 0.3 is 0 Å². The molecule has 0 bridgehead atoms. The Balaban J connectivity index is 1.69. The summed E-state index contributed by atoms with van der Waals surface area (Å²) in [5.74, 6) is -0.0104. The highest BCUT2D eigenvalue weighted by Crippen LogP contribution is 2.20. The minimum absolute atomic E-state index is 0.0104. The minimum atomic E-state index is -0.0104. The molecule has 1 aromatic heterocycles. The fourth-order valence-electron chi connectivity index (χ4n) is 3.10. The van der Waals surface area contributed by atoms with Gasteiger partial charge in [0.15, 0.2) is 0 Å². The van der Waals surface area contributed by atoms with Crippen molar-refractivity contribution < 1.29 is 4.79 Å². The summed E-state index contributed by atoms with van der Waals surface area (Å²) in [6, 6.07) is 13.6. The Labute approximate surface area is 128 Å². The van der Waals surface area contributed by atoms with Gasteiger partial charge in [-0.15, -0.1) is 0 Å². The van der Waals surface area contributed by atoms with Crippen LogP contribution in [0.2, 0.25) is 0 Å². The monoisotopic (exact) mass is 291 g/mol. The van der Waals surface area contributed by atoms with Crippen molar-refractivity contribution in [3.8, 4) is 0 Å². The van der Waals surface area contributed by atoms with Crippen molar-refractivity contribution in [3.63, 3.8) is 0 Å². The maximum Gasteiger partial charge on any atom is 0.251 e. The fraction of sp³-hybridized carbons (Fsp3) is 0.278. The van der Waals surface area contributed by atoms with Crippen LogP contribution in [0.25, 0.3) is 22.1 Å². The lowest BCUT2D eigenvalue weighted by atomic mass is 10.1. The van der Waals surface area contributed by atoms with Gasteiger partial charge < -0.3 is 5.32 Å². The smallest absolute Gasteiger partial charge is 0.251 e. The molecule has 0 unspecified atom stereocenters. The molecule has 1 heterocycles. The molecule has 4 nitrogen and oxygen atoms in total. The van der Waals surface area contributed by atoms with Crippen LogP contribution >= 0.6 is 0 Å². The number of carbonyl (C=O) groups excluding carboxylic acids is 1. The first kappa shape index (κ1) is 13.2. The lowest BCUT2D eigenvalue weighted by Crippen LogP contribution is -2.32. The summed E-state index contributed by atoms with van der Waals surface area (Å²) in [4.78, 5) is 21.5. The first-order valence-corrected chi connectivity index (χ1v) is 7.77. The summed E-state index contributed by atoms with van der Waals surface area (Å²) in [5.41, 5.74) is 3.96. The van der Waals surface area contributed by atoms with Crippen LogP contribution in [0.4, 0.5) is 0 Å². The van der Waals surface area contributed by atoms with Crippen LogP contribution in [0.15, 0.2) is 42.5 Å². The third kappa shape index (κ3) is 2.41. The van der Waals surface area contributed by atoms with Crippen LogP contribution < -0.4 is 5.32 Å². The average molecular weight is 291 g/mol. The van der Waals surface area contributed by atoms with Crippen molar-refractivity contribution in [1.29, 1.82) is 0 Å². The number of rotatable bonds is 2. The third-order valence-corrected chi connectivity index (χ3v) is 4.29. The molecule has 1 aliphatic carbocycles. The van der Waals surface area contributed by atoms with E-state index in [0.29, 0.717) is 11.6 Å². The second-order valence-corrected chi connectivity index (χ2v) is 5.87. The summed E-state index contributed by atoms with van der Waals surface area (Å²) in [7, 11) is 0. The predicted molar refractivity (Wildman–Crippen MR) is 86.8 cm³/mol. The van der Waals surface area contributed by atoms with Crippen LogP contribution in [0, 0.1) is 0 Å². The van der Waals surface area contributed by atoms with Gasteiger partial charge in [-0.3, -0.25) is 4.79 Å². The molecule has 1 fully saturated rings. The zero-order valence-corrected chi connectivity index (χ0v) is 12.2. The average Bonchev–Trinajstić information content (AvgIpc) is 3.05. The minimum Gasteiger partial charge on any atom is -0.349 e. The van der Waals surface area contributed by atoms with Gasteiger partial charge in [0.2, 0.25) is 0 Å². The first-order valence-electron chi connectivity index (χ1n) is 7.77. The molecular formula is C18H17N3O. The van der Waals surface area contributed by atoms with E-state index in [2.05, 4.69) is 15.3 Å². The molecule has 0 spiro atoms. The molecular weight excluding hydrogens is 274 g/mol. The lowest BCUT2D eigenvalue weighted by Gasteiger charge is -2.12. The second-order valence-electron chi connectivity index (χ2n) is 5.87. The Morgan fingerprint density at radius 2 is 1.55 bits per heavy atom. The number of nitrogens with zero attached hydrogens (tertiary/aromatic N) is 2. The Morgan fingerprint density at radius 3 is 2.27 bits per heavy atom. The number of carbonyl (C=O) groups is 1. The van der Waals surface area contributed by atoms with Crippen LogP contribution in [-0.2, 0) is 0 Å². The molecule has 4 heteroatoms. The number of para-hydroxylation sites is 2. The fourth-order valence-corrected chi connectivity index (χ4v) is 3.10. The molecule has 0 saturated heterocycles. The highest BCUT2D eigenvalue weighted by Gasteiger charge is 2.18. The van der Waals surface area contributed by atoms with Gasteiger partial charge in [-0.1, -0.05) is 25.0 Å². The molecule has 1 amide bonds. The van der Waals surface area contributed by atoms with E-state index in [4.69, 9.17) is 0 Å². The standard InChI is InChI=1S/C18H17N3O/c22-18(19-13-5-1-2-6-13)12-9-10-16-17(11-12)21-15-8-4-3-7-14(15)20-16/h3-4,7-11,13H,1-2,5-6H2,(H,19,22). The van der Waals surface area contributed by atoms with E-state index in [0.717, 1.165) is 34.9 Å². The van der Waals surface area contributed by atoms with Crippen molar-refractivity contribution in [2.45, 2.75) is 31.7 Å². The largest absolute Gasteiger partial charge is 0.349 e. The number of hydrogen-bond acceptors (Lipinski definition) is 3. The summed E-state index contributed by atoms with van der Waals surface area (Å²) < 4.78 is 0. The predicted octanol–water partition coefficient (Wildman–Crippen LogP) is 3.46. The molecule has 2 aromatic carbocycles. The Bertz CT molecular complexity index is 853. The van der Waals surface area contributed by atoms with Crippen LogP contribution in [-0.4, -0.2) is 21.9 Å². The zero-order valence-electron chi connectivity index (χ0n) is 12.2. The van der Waals surface area contributed by atoms with E-state index < -0.39 is 0 Å². The van der Waals surface area contributed by atoms with E-state index in [-0.39, 0.29) is 5.91 Å². The number of benzene rings is 2. The van der Waals surface area contributed by atoms with Gasteiger partial charge in [-0.25, -0.2) is 9.97 Å². The van der Waals surface area contributed by atoms with Gasteiger partial charge in [0, 0.05) is 11.6 Å². The van der Waals surface area contributed by atoms with E-state index in [9.17, 15) is 4.79 Å². The van der Waals surface area contributed by atoms with E-state index in [1.807, 2.05) is 42.5 Å².